The highest BCUT2D eigenvalue weighted by Gasteiger charge is 2.13. The van der Waals surface area contributed by atoms with Crippen LogP contribution in [0.25, 0.3) is 10.2 Å². The van der Waals surface area contributed by atoms with E-state index >= 15 is 0 Å². The average Bonchev–Trinajstić information content (AvgIpc) is 2.71. The minimum absolute atomic E-state index is 0.777. The zero-order chi connectivity index (χ0) is 15.0. The highest BCUT2D eigenvalue weighted by atomic mass is 35.5. The molecule has 0 bridgehead atoms. The number of hydrogen-bond donors (Lipinski definition) is 0. The van der Waals surface area contributed by atoms with Crippen LogP contribution in [0.1, 0.15) is 21.8 Å². The van der Waals surface area contributed by atoms with Crippen molar-refractivity contribution in [2.45, 2.75) is 31.6 Å². The fraction of sp³-hybridized carbons (Fsp3) is 0.250. The summed E-state index contributed by atoms with van der Waals surface area (Å²) in [4.78, 5) is 11.6. The largest absolute Gasteiger partial charge is 0.226 e. The molecule has 2 nitrogen and oxygen atoms in total. The number of hydrogen-bond acceptors (Lipinski definition) is 4. The van der Waals surface area contributed by atoms with Gasteiger partial charge in [0.2, 0.25) is 0 Å². The zero-order valence-electron chi connectivity index (χ0n) is 12.1. The van der Waals surface area contributed by atoms with Crippen molar-refractivity contribution in [1.82, 2.24) is 9.97 Å². The molecule has 0 saturated heterocycles. The summed E-state index contributed by atoms with van der Waals surface area (Å²) in [5.41, 5.74) is 2.50. The molecule has 0 amide bonds. The summed E-state index contributed by atoms with van der Waals surface area (Å²) < 4.78 is 0. The van der Waals surface area contributed by atoms with Gasteiger partial charge in [0.05, 0.1) is 0 Å². The molecule has 0 saturated carbocycles. The van der Waals surface area contributed by atoms with E-state index in [1.165, 1.54) is 21.4 Å². The standard InChI is InChI=1S/C16H15ClN2S2/c1-9-10(2)21-16-14(9)15(18-11(3)19-16)20-8-12-5-4-6-13(17)7-12/h4-7H,8H2,1-3H3. The first-order valence-corrected chi connectivity index (χ1v) is 8.84. The Balaban J connectivity index is 1.96. The molecule has 3 aromatic rings. The lowest BCUT2D eigenvalue weighted by Crippen LogP contribution is -1.92. The van der Waals surface area contributed by atoms with E-state index < -0.39 is 0 Å². The summed E-state index contributed by atoms with van der Waals surface area (Å²) in [5, 5.41) is 3.05. The van der Waals surface area contributed by atoms with Gasteiger partial charge >= 0.3 is 0 Å². The van der Waals surface area contributed by atoms with Crippen molar-refractivity contribution in [2.24, 2.45) is 0 Å². The normalized spacial score (nSPS) is 11.2. The van der Waals surface area contributed by atoms with Crippen LogP contribution in [0.5, 0.6) is 0 Å². The second-order valence-corrected chi connectivity index (χ2v) is 7.56. The lowest BCUT2D eigenvalue weighted by atomic mass is 10.2. The molecular weight excluding hydrogens is 320 g/mol. The minimum atomic E-state index is 0.777. The van der Waals surface area contributed by atoms with Gasteiger partial charge in [-0.05, 0) is 44.0 Å². The minimum Gasteiger partial charge on any atom is -0.226 e. The lowest BCUT2D eigenvalue weighted by Gasteiger charge is -2.05. The van der Waals surface area contributed by atoms with Crippen molar-refractivity contribution in [1.29, 1.82) is 0 Å². The molecule has 2 heterocycles. The fourth-order valence-electron chi connectivity index (χ4n) is 2.20. The average molecular weight is 335 g/mol. The van der Waals surface area contributed by atoms with E-state index in [2.05, 4.69) is 29.9 Å². The monoisotopic (exact) mass is 334 g/mol. The number of thioether (sulfide) groups is 1. The van der Waals surface area contributed by atoms with E-state index in [0.717, 1.165) is 26.5 Å². The van der Waals surface area contributed by atoms with Crippen molar-refractivity contribution in [3.05, 3.63) is 51.1 Å². The van der Waals surface area contributed by atoms with E-state index in [9.17, 15) is 0 Å². The number of aromatic nitrogens is 2. The molecule has 0 aliphatic heterocycles. The number of benzene rings is 1. The molecule has 0 unspecified atom stereocenters. The highest BCUT2D eigenvalue weighted by Crippen LogP contribution is 2.36. The SMILES string of the molecule is Cc1nc(SCc2cccc(Cl)c2)c2c(C)c(C)sc2n1. The molecule has 2 aromatic heterocycles. The zero-order valence-corrected chi connectivity index (χ0v) is 14.5. The Bertz CT molecular complexity index is 811. The van der Waals surface area contributed by atoms with Crippen molar-refractivity contribution in [2.75, 3.05) is 0 Å². The molecule has 0 atom stereocenters. The third kappa shape index (κ3) is 3.07. The van der Waals surface area contributed by atoms with E-state index in [1.54, 1.807) is 23.1 Å². The van der Waals surface area contributed by atoms with Gasteiger partial charge in [-0.25, -0.2) is 9.97 Å². The number of fused-ring (bicyclic) bond motifs is 1. The molecule has 3 rings (SSSR count). The Hall–Kier alpha value is -1.10. The van der Waals surface area contributed by atoms with E-state index in [-0.39, 0.29) is 0 Å². The Morgan fingerprint density at radius 3 is 2.76 bits per heavy atom. The summed E-state index contributed by atoms with van der Waals surface area (Å²) in [5.74, 6) is 1.69. The van der Waals surface area contributed by atoms with Gasteiger partial charge in [0.1, 0.15) is 15.7 Å². The van der Waals surface area contributed by atoms with Crippen molar-refractivity contribution in [3.8, 4) is 0 Å². The Morgan fingerprint density at radius 1 is 1.19 bits per heavy atom. The smallest absolute Gasteiger partial charge is 0.128 e. The van der Waals surface area contributed by atoms with Gasteiger partial charge in [0.15, 0.2) is 0 Å². The van der Waals surface area contributed by atoms with Gasteiger partial charge in [-0.3, -0.25) is 0 Å². The third-order valence-electron chi connectivity index (χ3n) is 3.37. The molecule has 108 valence electrons. The third-order valence-corrected chi connectivity index (χ3v) is 5.75. The Kier molecular flexibility index (Phi) is 4.20. The fourth-order valence-corrected chi connectivity index (χ4v) is 4.62. The quantitative estimate of drug-likeness (QED) is 0.463. The van der Waals surface area contributed by atoms with Gasteiger partial charge in [-0.1, -0.05) is 23.7 Å². The number of halogens is 1. The molecule has 21 heavy (non-hydrogen) atoms. The molecule has 0 spiro atoms. The first-order valence-electron chi connectivity index (χ1n) is 6.66. The van der Waals surface area contributed by atoms with Gasteiger partial charge in [0.25, 0.3) is 0 Å². The van der Waals surface area contributed by atoms with E-state index in [4.69, 9.17) is 11.6 Å². The van der Waals surface area contributed by atoms with Crippen LogP contribution in [0, 0.1) is 20.8 Å². The van der Waals surface area contributed by atoms with Crippen LogP contribution in [-0.4, -0.2) is 9.97 Å². The summed E-state index contributed by atoms with van der Waals surface area (Å²) in [6.45, 7) is 6.24. The molecule has 1 aromatic carbocycles. The van der Waals surface area contributed by atoms with Crippen LogP contribution >= 0.6 is 34.7 Å². The number of rotatable bonds is 3. The van der Waals surface area contributed by atoms with Crippen LogP contribution in [0.4, 0.5) is 0 Å². The van der Waals surface area contributed by atoms with Gasteiger partial charge in [-0.2, -0.15) is 0 Å². The molecule has 0 aliphatic rings. The van der Waals surface area contributed by atoms with Gasteiger partial charge in [-0.15, -0.1) is 23.1 Å². The number of aryl methyl sites for hydroxylation is 3. The maximum atomic E-state index is 6.04. The predicted molar refractivity (Wildman–Crippen MR) is 92.6 cm³/mol. The van der Waals surface area contributed by atoms with Crippen molar-refractivity contribution < 1.29 is 0 Å². The Labute approximate surface area is 137 Å². The lowest BCUT2D eigenvalue weighted by molar-refractivity contribution is 1.01. The molecule has 0 aliphatic carbocycles. The van der Waals surface area contributed by atoms with Crippen LogP contribution in [0.2, 0.25) is 5.02 Å². The summed E-state index contributed by atoms with van der Waals surface area (Å²) in [6, 6.07) is 7.98. The first kappa shape index (κ1) is 14.8. The van der Waals surface area contributed by atoms with Gasteiger partial charge in [0, 0.05) is 21.0 Å². The molecule has 0 radical (unpaired) electrons. The van der Waals surface area contributed by atoms with Crippen LogP contribution in [0.15, 0.2) is 29.3 Å². The van der Waals surface area contributed by atoms with Crippen LogP contribution in [-0.2, 0) is 5.75 Å². The second-order valence-electron chi connectivity index (χ2n) is 4.96. The summed E-state index contributed by atoms with van der Waals surface area (Å²) in [6.07, 6.45) is 0. The molecule has 5 heteroatoms. The predicted octanol–water partition coefficient (Wildman–Crippen LogP) is 5.56. The van der Waals surface area contributed by atoms with Crippen LogP contribution in [0.3, 0.4) is 0 Å². The van der Waals surface area contributed by atoms with Gasteiger partial charge < -0.3 is 0 Å². The summed E-state index contributed by atoms with van der Waals surface area (Å²) >= 11 is 9.54. The first-order chi connectivity index (χ1) is 10.0. The number of nitrogens with zero attached hydrogens (tertiary/aromatic N) is 2. The van der Waals surface area contributed by atoms with E-state index in [1.807, 2.05) is 25.1 Å². The highest BCUT2D eigenvalue weighted by molar-refractivity contribution is 7.98. The van der Waals surface area contributed by atoms with Crippen molar-refractivity contribution in [3.63, 3.8) is 0 Å². The maximum Gasteiger partial charge on any atom is 0.128 e. The van der Waals surface area contributed by atoms with E-state index in [0.29, 0.717) is 0 Å². The topological polar surface area (TPSA) is 25.8 Å². The number of thiophene rings is 1. The maximum absolute atomic E-state index is 6.04. The molecule has 0 fully saturated rings. The second kappa shape index (κ2) is 5.95. The van der Waals surface area contributed by atoms with Crippen molar-refractivity contribution >= 4 is 44.9 Å². The summed E-state index contributed by atoms with van der Waals surface area (Å²) in [7, 11) is 0. The molecule has 0 N–H and O–H groups in total. The Morgan fingerprint density at radius 2 is 2.00 bits per heavy atom. The molecular formula is C16H15ClN2S2. The van der Waals surface area contributed by atoms with Crippen LogP contribution < -0.4 is 0 Å².